The highest BCUT2D eigenvalue weighted by atomic mass is 35.5. The van der Waals surface area contributed by atoms with Gasteiger partial charge in [0, 0.05) is 49.4 Å². The zero-order valence-electron chi connectivity index (χ0n) is 15.4. The maximum absolute atomic E-state index is 12.1. The standard InChI is InChI=1S/C19H30ClN3O2/c1-14(2)12-23-8-9-25-18(13-23)11-21-15(3)10-19(24)22-17-6-4-16(20)5-7-17/h4-7,14-15,18,21H,8-13H2,1-3H3,(H,22,24). The predicted molar refractivity (Wildman–Crippen MR) is 103 cm³/mol. The van der Waals surface area contributed by atoms with E-state index in [4.69, 9.17) is 16.3 Å². The number of rotatable bonds is 8. The average Bonchev–Trinajstić information content (AvgIpc) is 2.55. The topological polar surface area (TPSA) is 53.6 Å². The highest BCUT2D eigenvalue weighted by molar-refractivity contribution is 6.30. The van der Waals surface area contributed by atoms with Gasteiger partial charge in [0.1, 0.15) is 0 Å². The van der Waals surface area contributed by atoms with Gasteiger partial charge in [-0.15, -0.1) is 0 Å². The van der Waals surface area contributed by atoms with E-state index < -0.39 is 0 Å². The molecule has 25 heavy (non-hydrogen) atoms. The van der Waals surface area contributed by atoms with E-state index in [1.807, 2.05) is 6.92 Å². The van der Waals surface area contributed by atoms with Gasteiger partial charge in [-0.3, -0.25) is 9.69 Å². The second kappa shape index (κ2) is 10.1. The van der Waals surface area contributed by atoms with Crippen molar-refractivity contribution in [1.82, 2.24) is 10.2 Å². The van der Waals surface area contributed by atoms with Crippen molar-refractivity contribution in [3.05, 3.63) is 29.3 Å². The van der Waals surface area contributed by atoms with Crippen LogP contribution < -0.4 is 10.6 Å². The first-order valence-electron chi connectivity index (χ1n) is 9.05. The summed E-state index contributed by atoms with van der Waals surface area (Å²) >= 11 is 5.85. The van der Waals surface area contributed by atoms with Gasteiger partial charge < -0.3 is 15.4 Å². The number of halogens is 1. The van der Waals surface area contributed by atoms with Crippen molar-refractivity contribution in [2.24, 2.45) is 5.92 Å². The summed E-state index contributed by atoms with van der Waals surface area (Å²) in [7, 11) is 0. The van der Waals surface area contributed by atoms with E-state index in [9.17, 15) is 4.79 Å². The van der Waals surface area contributed by atoms with Crippen molar-refractivity contribution >= 4 is 23.2 Å². The molecule has 5 nitrogen and oxygen atoms in total. The molecule has 2 atom stereocenters. The van der Waals surface area contributed by atoms with Gasteiger partial charge in [-0.1, -0.05) is 25.4 Å². The summed E-state index contributed by atoms with van der Waals surface area (Å²) in [6.45, 7) is 11.1. The molecule has 2 rings (SSSR count). The average molecular weight is 368 g/mol. The SMILES string of the molecule is CC(C)CN1CCOC(CNC(C)CC(=O)Nc2ccc(Cl)cc2)C1. The molecule has 1 aliphatic rings. The Labute approximate surface area is 156 Å². The van der Waals surface area contributed by atoms with Gasteiger partial charge in [-0.2, -0.15) is 0 Å². The summed E-state index contributed by atoms with van der Waals surface area (Å²) in [5.41, 5.74) is 0.765. The van der Waals surface area contributed by atoms with Crippen LogP contribution in [-0.2, 0) is 9.53 Å². The number of benzene rings is 1. The number of hydrogen-bond acceptors (Lipinski definition) is 4. The van der Waals surface area contributed by atoms with Gasteiger partial charge >= 0.3 is 0 Å². The number of morpholine rings is 1. The van der Waals surface area contributed by atoms with E-state index in [2.05, 4.69) is 29.4 Å². The number of amides is 1. The smallest absolute Gasteiger partial charge is 0.225 e. The van der Waals surface area contributed by atoms with Crippen LogP contribution >= 0.6 is 11.6 Å². The minimum Gasteiger partial charge on any atom is -0.374 e. The predicted octanol–water partition coefficient (Wildman–Crippen LogP) is 3.00. The van der Waals surface area contributed by atoms with Crippen LogP contribution in [0.2, 0.25) is 5.02 Å². The zero-order chi connectivity index (χ0) is 18.2. The van der Waals surface area contributed by atoms with Crippen molar-refractivity contribution < 1.29 is 9.53 Å². The summed E-state index contributed by atoms with van der Waals surface area (Å²) in [6, 6.07) is 7.23. The third kappa shape index (κ3) is 7.74. The van der Waals surface area contributed by atoms with Crippen LogP contribution in [0.3, 0.4) is 0 Å². The van der Waals surface area contributed by atoms with Gasteiger partial charge in [0.2, 0.25) is 5.91 Å². The molecule has 6 heteroatoms. The highest BCUT2D eigenvalue weighted by Gasteiger charge is 2.21. The van der Waals surface area contributed by atoms with Crippen molar-refractivity contribution in [3.63, 3.8) is 0 Å². The van der Waals surface area contributed by atoms with Gasteiger partial charge in [0.25, 0.3) is 0 Å². The molecule has 1 heterocycles. The lowest BCUT2D eigenvalue weighted by atomic mass is 10.1. The number of carbonyl (C=O) groups excluding carboxylic acids is 1. The molecular formula is C19H30ClN3O2. The fraction of sp³-hybridized carbons (Fsp3) is 0.632. The molecule has 1 amide bonds. The number of carbonyl (C=O) groups is 1. The number of anilines is 1. The van der Waals surface area contributed by atoms with Crippen LogP contribution in [0.5, 0.6) is 0 Å². The first kappa shape index (κ1) is 20.2. The minimum atomic E-state index is -0.00619. The van der Waals surface area contributed by atoms with E-state index in [0.717, 1.165) is 38.5 Å². The Kier molecular flexibility index (Phi) is 8.16. The molecule has 0 aliphatic carbocycles. The Morgan fingerprint density at radius 2 is 2.04 bits per heavy atom. The van der Waals surface area contributed by atoms with E-state index in [-0.39, 0.29) is 18.1 Å². The Hall–Kier alpha value is -1.14. The first-order chi connectivity index (χ1) is 11.9. The van der Waals surface area contributed by atoms with E-state index >= 15 is 0 Å². The molecule has 2 N–H and O–H groups in total. The van der Waals surface area contributed by atoms with Gasteiger partial charge in [0.05, 0.1) is 12.7 Å². The molecule has 0 radical (unpaired) electrons. The van der Waals surface area contributed by atoms with Crippen molar-refractivity contribution in [3.8, 4) is 0 Å². The number of nitrogens with zero attached hydrogens (tertiary/aromatic N) is 1. The quantitative estimate of drug-likeness (QED) is 0.741. The maximum atomic E-state index is 12.1. The fourth-order valence-corrected chi connectivity index (χ4v) is 3.14. The lowest BCUT2D eigenvalue weighted by Gasteiger charge is -2.34. The third-order valence-corrected chi connectivity index (χ3v) is 4.41. The normalized spacial score (nSPS) is 19.8. The Balaban J connectivity index is 1.68. The van der Waals surface area contributed by atoms with Crippen LogP contribution in [0.4, 0.5) is 5.69 Å². The third-order valence-electron chi connectivity index (χ3n) is 4.16. The van der Waals surface area contributed by atoms with E-state index in [0.29, 0.717) is 17.4 Å². The number of ether oxygens (including phenoxy) is 1. The van der Waals surface area contributed by atoms with Crippen LogP contribution in [-0.4, -0.2) is 55.7 Å². The van der Waals surface area contributed by atoms with E-state index in [1.165, 1.54) is 0 Å². The minimum absolute atomic E-state index is 0.00619. The van der Waals surface area contributed by atoms with Crippen LogP contribution in [0.15, 0.2) is 24.3 Å². The monoisotopic (exact) mass is 367 g/mol. The molecule has 0 saturated carbocycles. The van der Waals surface area contributed by atoms with Crippen molar-refractivity contribution in [2.75, 3.05) is 38.1 Å². The summed E-state index contributed by atoms with van der Waals surface area (Å²) in [5, 5.41) is 6.97. The number of hydrogen-bond donors (Lipinski definition) is 2. The van der Waals surface area contributed by atoms with Crippen molar-refractivity contribution in [2.45, 2.75) is 39.3 Å². The molecule has 1 aromatic carbocycles. The molecule has 1 saturated heterocycles. The van der Waals surface area contributed by atoms with Gasteiger partial charge in [-0.25, -0.2) is 0 Å². The Morgan fingerprint density at radius 1 is 1.32 bits per heavy atom. The highest BCUT2D eigenvalue weighted by Crippen LogP contribution is 2.14. The Bertz CT molecular complexity index is 536. The van der Waals surface area contributed by atoms with Gasteiger partial charge in [0.15, 0.2) is 0 Å². The molecular weight excluding hydrogens is 338 g/mol. The molecule has 0 bridgehead atoms. The molecule has 0 aromatic heterocycles. The summed E-state index contributed by atoms with van der Waals surface area (Å²) < 4.78 is 5.83. The largest absolute Gasteiger partial charge is 0.374 e. The van der Waals surface area contributed by atoms with Crippen LogP contribution in [0, 0.1) is 5.92 Å². The van der Waals surface area contributed by atoms with Crippen molar-refractivity contribution in [1.29, 1.82) is 0 Å². The first-order valence-corrected chi connectivity index (χ1v) is 9.43. The van der Waals surface area contributed by atoms with E-state index in [1.54, 1.807) is 24.3 Å². The summed E-state index contributed by atoms with van der Waals surface area (Å²) in [4.78, 5) is 14.6. The Morgan fingerprint density at radius 3 is 2.72 bits per heavy atom. The van der Waals surface area contributed by atoms with Gasteiger partial charge in [-0.05, 0) is 37.1 Å². The molecule has 1 aliphatic heterocycles. The molecule has 140 valence electrons. The fourth-order valence-electron chi connectivity index (χ4n) is 3.01. The number of nitrogens with one attached hydrogen (secondary N) is 2. The molecule has 1 fully saturated rings. The lowest BCUT2D eigenvalue weighted by Crippen LogP contribution is -2.49. The molecule has 0 spiro atoms. The maximum Gasteiger partial charge on any atom is 0.225 e. The summed E-state index contributed by atoms with van der Waals surface area (Å²) in [5.74, 6) is 0.663. The molecule has 1 aromatic rings. The zero-order valence-corrected chi connectivity index (χ0v) is 16.2. The second-order valence-electron chi connectivity index (χ2n) is 7.21. The molecule has 2 unspecified atom stereocenters. The van der Waals surface area contributed by atoms with Crippen LogP contribution in [0.25, 0.3) is 0 Å². The van der Waals surface area contributed by atoms with Crippen LogP contribution in [0.1, 0.15) is 27.2 Å². The second-order valence-corrected chi connectivity index (χ2v) is 7.65. The lowest BCUT2D eigenvalue weighted by molar-refractivity contribution is -0.116. The summed E-state index contributed by atoms with van der Waals surface area (Å²) in [6.07, 6.45) is 0.611.